The predicted molar refractivity (Wildman–Crippen MR) is 107 cm³/mol. The van der Waals surface area contributed by atoms with Gasteiger partial charge in [0.05, 0.1) is 7.11 Å². The zero-order valence-corrected chi connectivity index (χ0v) is 15.9. The monoisotopic (exact) mass is 346 g/mol. The molecular formula is C25H30O. The average molecular weight is 347 g/mol. The molecule has 0 N–H and O–H groups in total. The highest BCUT2D eigenvalue weighted by Gasteiger charge is 2.52. The van der Waals surface area contributed by atoms with Crippen molar-refractivity contribution in [2.24, 2.45) is 17.8 Å². The first-order valence-corrected chi connectivity index (χ1v) is 10.5. The van der Waals surface area contributed by atoms with Crippen LogP contribution in [0.5, 0.6) is 5.75 Å². The van der Waals surface area contributed by atoms with E-state index < -0.39 is 0 Å². The van der Waals surface area contributed by atoms with Crippen molar-refractivity contribution < 1.29 is 4.74 Å². The van der Waals surface area contributed by atoms with Crippen molar-refractivity contribution >= 4 is 0 Å². The minimum Gasteiger partial charge on any atom is -0.496 e. The van der Waals surface area contributed by atoms with Gasteiger partial charge >= 0.3 is 0 Å². The second-order valence-corrected chi connectivity index (χ2v) is 9.22. The maximum atomic E-state index is 5.93. The summed E-state index contributed by atoms with van der Waals surface area (Å²) in [5.41, 5.74) is 4.75. The summed E-state index contributed by atoms with van der Waals surface area (Å²) in [7, 11) is 1.86. The van der Waals surface area contributed by atoms with Gasteiger partial charge in [-0.2, -0.15) is 0 Å². The van der Waals surface area contributed by atoms with Gasteiger partial charge in [0, 0.05) is 5.56 Å². The van der Waals surface area contributed by atoms with E-state index in [2.05, 4.69) is 48.5 Å². The number of methoxy groups -OCH3 is 1. The number of ether oxygens (including phenoxy) is 1. The van der Waals surface area contributed by atoms with Crippen LogP contribution in [0.1, 0.15) is 55.2 Å². The van der Waals surface area contributed by atoms with Gasteiger partial charge in [-0.05, 0) is 91.7 Å². The summed E-state index contributed by atoms with van der Waals surface area (Å²) < 4.78 is 5.93. The molecule has 4 bridgehead atoms. The van der Waals surface area contributed by atoms with Gasteiger partial charge in [0.1, 0.15) is 5.75 Å². The van der Waals surface area contributed by atoms with E-state index in [0.717, 1.165) is 36.3 Å². The van der Waals surface area contributed by atoms with E-state index in [1.165, 1.54) is 55.2 Å². The van der Waals surface area contributed by atoms with Crippen molar-refractivity contribution in [3.63, 3.8) is 0 Å². The Morgan fingerprint density at radius 1 is 0.808 bits per heavy atom. The fourth-order valence-electron chi connectivity index (χ4n) is 6.70. The van der Waals surface area contributed by atoms with Crippen LogP contribution < -0.4 is 4.74 Å². The standard InChI is InChI=1S/C25H30O/c1-26-24-14-19(8-7-18-5-3-2-4-6-18)9-10-23(24)25-15-20-11-21(16-25)13-22(12-20)17-25/h2-6,9-10,14,20-22H,7-8,11-13,15-17H2,1H3. The van der Waals surface area contributed by atoms with Crippen LogP contribution in [-0.4, -0.2) is 7.11 Å². The zero-order valence-electron chi connectivity index (χ0n) is 15.9. The first kappa shape index (κ1) is 16.4. The van der Waals surface area contributed by atoms with E-state index in [1.54, 1.807) is 0 Å². The molecule has 0 spiro atoms. The van der Waals surface area contributed by atoms with Crippen molar-refractivity contribution in [3.8, 4) is 5.75 Å². The second-order valence-electron chi connectivity index (χ2n) is 9.22. The van der Waals surface area contributed by atoms with Crippen LogP contribution in [-0.2, 0) is 18.3 Å². The molecule has 0 saturated heterocycles. The van der Waals surface area contributed by atoms with Crippen molar-refractivity contribution in [2.45, 2.75) is 56.8 Å². The topological polar surface area (TPSA) is 9.23 Å². The van der Waals surface area contributed by atoms with Gasteiger partial charge in [-0.3, -0.25) is 0 Å². The van der Waals surface area contributed by atoms with Crippen LogP contribution in [0.2, 0.25) is 0 Å². The molecule has 1 heteroatoms. The van der Waals surface area contributed by atoms with Crippen LogP contribution in [0.25, 0.3) is 0 Å². The average Bonchev–Trinajstić information content (AvgIpc) is 2.66. The van der Waals surface area contributed by atoms with Crippen LogP contribution in [0.4, 0.5) is 0 Å². The lowest BCUT2D eigenvalue weighted by atomic mass is 9.48. The van der Waals surface area contributed by atoms with Gasteiger partial charge in [-0.1, -0.05) is 42.5 Å². The molecule has 0 aromatic heterocycles. The normalized spacial score (nSPS) is 32.0. The van der Waals surface area contributed by atoms with E-state index in [1.807, 2.05) is 7.11 Å². The third-order valence-corrected chi connectivity index (χ3v) is 7.42. The molecular weight excluding hydrogens is 316 g/mol. The van der Waals surface area contributed by atoms with Crippen LogP contribution in [0.15, 0.2) is 48.5 Å². The molecule has 4 fully saturated rings. The predicted octanol–water partition coefficient (Wildman–Crippen LogP) is 5.95. The van der Waals surface area contributed by atoms with Gasteiger partial charge in [0.15, 0.2) is 0 Å². The van der Waals surface area contributed by atoms with Crippen LogP contribution in [0, 0.1) is 17.8 Å². The molecule has 1 nitrogen and oxygen atoms in total. The van der Waals surface area contributed by atoms with Crippen molar-refractivity contribution in [1.29, 1.82) is 0 Å². The molecule has 0 radical (unpaired) electrons. The van der Waals surface area contributed by atoms with E-state index in [0.29, 0.717) is 5.41 Å². The lowest BCUT2D eigenvalue weighted by molar-refractivity contribution is -0.00616. The molecule has 4 saturated carbocycles. The number of hydrogen-bond acceptors (Lipinski definition) is 1. The minimum absolute atomic E-state index is 0.415. The van der Waals surface area contributed by atoms with E-state index in [-0.39, 0.29) is 0 Å². The minimum atomic E-state index is 0.415. The summed E-state index contributed by atoms with van der Waals surface area (Å²) in [6.45, 7) is 0. The smallest absolute Gasteiger partial charge is 0.122 e. The molecule has 0 amide bonds. The molecule has 4 aliphatic carbocycles. The summed E-state index contributed by atoms with van der Waals surface area (Å²) >= 11 is 0. The molecule has 0 atom stereocenters. The largest absolute Gasteiger partial charge is 0.496 e. The Bertz CT molecular complexity index is 741. The molecule has 136 valence electrons. The van der Waals surface area contributed by atoms with Gasteiger partial charge < -0.3 is 4.74 Å². The molecule has 0 unspecified atom stereocenters. The maximum absolute atomic E-state index is 5.93. The first-order valence-electron chi connectivity index (χ1n) is 10.5. The lowest BCUT2D eigenvalue weighted by Gasteiger charge is -2.57. The van der Waals surface area contributed by atoms with Gasteiger partial charge in [-0.25, -0.2) is 0 Å². The van der Waals surface area contributed by atoms with Crippen molar-refractivity contribution in [1.82, 2.24) is 0 Å². The summed E-state index contributed by atoms with van der Waals surface area (Å²) in [5.74, 6) is 4.08. The third kappa shape index (κ3) is 2.86. The first-order chi connectivity index (χ1) is 12.7. The van der Waals surface area contributed by atoms with E-state index >= 15 is 0 Å². The van der Waals surface area contributed by atoms with Gasteiger partial charge in [0.2, 0.25) is 0 Å². The summed E-state index contributed by atoms with van der Waals surface area (Å²) in [4.78, 5) is 0. The Kier molecular flexibility index (Phi) is 4.07. The van der Waals surface area contributed by atoms with Crippen LogP contribution in [0.3, 0.4) is 0 Å². The third-order valence-electron chi connectivity index (χ3n) is 7.42. The molecule has 0 aliphatic heterocycles. The van der Waals surface area contributed by atoms with Gasteiger partial charge in [-0.15, -0.1) is 0 Å². The molecule has 6 rings (SSSR count). The zero-order chi connectivity index (χ0) is 17.6. The summed E-state index contributed by atoms with van der Waals surface area (Å²) in [6.07, 6.45) is 10.9. The number of hydrogen-bond donors (Lipinski definition) is 0. The number of rotatable bonds is 5. The Morgan fingerprint density at radius 3 is 2.04 bits per heavy atom. The Hall–Kier alpha value is -1.76. The van der Waals surface area contributed by atoms with Crippen molar-refractivity contribution in [2.75, 3.05) is 7.11 Å². The molecule has 4 aliphatic rings. The lowest BCUT2D eigenvalue weighted by Crippen LogP contribution is -2.48. The number of aryl methyl sites for hydroxylation is 2. The SMILES string of the molecule is COc1cc(CCc2ccccc2)ccc1C12CC3CC(CC(C3)C1)C2. The highest BCUT2D eigenvalue weighted by Crippen LogP contribution is 2.61. The number of benzene rings is 2. The Labute approximate surface area is 157 Å². The molecule has 0 heterocycles. The molecule has 26 heavy (non-hydrogen) atoms. The highest BCUT2D eigenvalue weighted by atomic mass is 16.5. The fraction of sp³-hybridized carbons (Fsp3) is 0.520. The fourth-order valence-corrected chi connectivity index (χ4v) is 6.70. The quantitative estimate of drug-likeness (QED) is 0.650. The highest BCUT2D eigenvalue weighted by molar-refractivity contribution is 5.44. The summed E-state index contributed by atoms with van der Waals surface area (Å²) in [6, 6.07) is 17.9. The van der Waals surface area contributed by atoms with Crippen LogP contribution >= 0.6 is 0 Å². The maximum Gasteiger partial charge on any atom is 0.122 e. The summed E-state index contributed by atoms with van der Waals surface area (Å²) in [5, 5.41) is 0. The Morgan fingerprint density at radius 2 is 1.42 bits per heavy atom. The Balaban J connectivity index is 1.40. The van der Waals surface area contributed by atoms with E-state index in [4.69, 9.17) is 4.74 Å². The van der Waals surface area contributed by atoms with Gasteiger partial charge in [0.25, 0.3) is 0 Å². The van der Waals surface area contributed by atoms with Crippen molar-refractivity contribution in [3.05, 3.63) is 65.2 Å². The molecule has 2 aromatic rings. The second kappa shape index (κ2) is 6.44. The molecule has 2 aromatic carbocycles. The van der Waals surface area contributed by atoms with E-state index in [9.17, 15) is 0 Å².